The van der Waals surface area contributed by atoms with E-state index in [1.807, 2.05) is 12.1 Å². The predicted octanol–water partition coefficient (Wildman–Crippen LogP) is 2.98. The Kier molecular flexibility index (Phi) is 3.81. The van der Waals surface area contributed by atoms with Gasteiger partial charge in [-0.05, 0) is 50.3 Å². The number of benzene rings is 1. The number of ether oxygens (including phenoxy) is 2. The van der Waals surface area contributed by atoms with Crippen molar-refractivity contribution in [2.75, 3.05) is 14.2 Å². The number of methoxy groups -OCH3 is 2. The SMILES string of the molecule is COc1ccc(CNC(C)(C)C2CC2)cc1OC. The van der Waals surface area contributed by atoms with E-state index >= 15 is 0 Å². The Bertz CT molecular complexity index is 411. The van der Waals surface area contributed by atoms with Gasteiger partial charge in [-0.25, -0.2) is 0 Å². The van der Waals surface area contributed by atoms with Crippen LogP contribution in [-0.4, -0.2) is 19.8 Å². The predicted molar refractivity (Wildman–Crippen MR) is 73.2 cm³/mol. The molecule has 3 nitrogen and oxygen atoms in total. The zero-order valence-corrected chi connectivity index (χ0v) is 11.7. The van der Waals surface area contributed by atoms with Gasteiger partial charge in [-0.3, -0.25) is 0 Å². The maximum absolute atomic E-state index is 5.32. The van der Waals surface area contributed by atoms with Crippen LogP contribution in [0, 0.1) is 5.92 Å². The Hall–Kier alpha value is -1.22. The lowest BCUT2D eigenvalue weighted by atomic mass is 9.98. The van der Waals surface area contributed by atoms with Crippen molar-refractivity contribution < 1.29 is 9.47 Å². The second-order valence-corrected chi connectivity index (χ2v) is 5.54. The molecule has 18 heavy (non-hydrogen) atoms. The van der Waals surface area contributed by atoms with E-state index in [9.17, 15) is 0 Å². The van der Waals surface area contributed by atoms with Crippen LogP contribution in [-0.2, 0) is 6.54 Å². The van der Waals surface area contributed by atoms with Crippen molar-refractivity contribution in [1.29, 1.82) is 0 Å². The molecule has 1 fully saturated rings. The van der Waals surface area contributed by atoms with Crippen LogP contribution in [0.4, 0.5) is 0 Å². The number of nitrogens with one attached hydrogen (secondary N) is 1. The number of rotatable bonds is 6. The van der Waals surface area contributed by atoms with Crippen LogP contribution in [0.1, 0.15) is 32.3 Å². The number of hydrogen-bond donors (Lipinski definition) is 1. The van der Waals surface area contributed by atoms with Gasteiger partial charge in [0.05, 0.1) is 14.2 Å². The summed E-state index contributed by atoms with van der Waals surface area (Å²) in [6.45, 7) is 5.43. The quantitative estimate of drug-likeness (QED) is 0.840. The topological polar surface area (TPSA) is 30.5 Å². The van der Waals surface area contributed by atoms with E-state index in [1.165, 1.54) is 18.4 Å². The summed E-state index contributed by atoms with van der Waals surface area (Å²) in [5.41, 5.74) is 1.45. The third-order valence-corrected chi connectivity index (χ3v) is 3.79. The zero-order chi connectivity index (χ0) is 13.2. The van der Waals surface area contributed by atoms with E-state index in [2.05, 4.69) is 25.2 Å². The highest BCUT2D eigenvalue weighted by Crippen LogP contribution is 2.39. The molecular weight excluding hydrogens is 226 g/mol. The molecule has 0 saturated heterocycles. The van der Waals surface area contributed by atoms with Gasteiger partial charge in [-0.15, -0.1) is 0 Å². The van der Waals surface area contributed by atoms with Gasteiger partial charge in [0.2, 0.25) is 0 Å². The molecule has 0 radical (unpaired) electrons. The fourth-order valence-electron chi connectivity index (χ4n) is 2.27. The minimum absolute atomic E-state index is 0.229. The van der Waals surface area contributed by atoms with Gasteiger partial charge >= 0.3 is 0 Å². The van der Waals surface area contributed by atoms with Crippen molar-refractivity contribution in [1.82, 2.24) is 5.32 Å². The highest BCUT2D eigenvalue weighted by molar-refractivity contribution is 5.42. The van der Waals surface area contributed by atoms with E-state index in [-0.39, 0.29) is 5.54 Å². The second kappa shape index (κ2) is 5.19. The molecule has 1 aliphatic carbocycles. The summed E-state index contributed by atoms with van der Waals surface area (Å²) in [5.74, 6) is 2.40. The molecule has 1 saturated carbocycles. The first kappa shape index (κ1) is 13.2. The molecule has 2 rings (SSSR count). The van der Waals surface area contributed by atoms with Crippen LogP contribution in [0.25, 0.3) is 0 Å². The first-order valence-corrected chi connectivity index (χ1v) is 6.53. The average molecular weight is 249 g/mol. The van der Waals surface area contributed by atoms with Crippen LogP contribution in [0.3, 0.4) is 0 Å². The molecule has 1 N–H and O–H groups in total. The third-order valence-electron chi connectivity index (χ3n) is 3.79. The summed E-state index contributed by atoms with van der Waals surface area (Å²) < 4.78 is 10.6. The van der Waals surface area contributed by atoms with E-state index in [0.29, 0.717) is 0 Å². The van der Waals surface area contributed by atoms with E-state index in [0.717, 1.165) is 24.0 Å². The zero-order valence-electron chi connectivity index (χ0n) is 11.7. The van der Waals surface area contributed by atoms with Crippen molar-refractivity contribution >= 4 is 0 Å². The lowest BCUT2D eigenvalue weighted by Crippen LogP contribution is -2.40. The first-order valence-electron chi connectivity index (χ1n) is 6.53. The van der Waals surface area contributed by atoms with Crippen molar-refractivity contribution in [3.05, 3.63) is 23.8 Å². The molecule has 1 aromatic rings. The van der Waals surface area contributed by atoms with Crippen LogP contribution < -0.4 is 14.8 Å². The molecule has 100 valence electrons. The van der Waals surface area contributed by atoms with Crippen LogP contribution in [0.2, 0.25) is 0 Å². The van der Waals surface area contributed by atoms with E-state index in [1.54, 1.807) is 14.2 Å². The molecule has 3 heteroatoms. The molecule has 0 atom stereocenters. The minimum Gasteiger partial charge on any atom is -0.493 e. The van der Waals surface area contributed by atoms with Gasteiger partial charge in [0.15, 0.2) is 11.5 Å². The highest BCUT2D eigenvalue weighted by Gasteiger charge is 2.37. The average Bonchev–Trinajstić information content (AvgIpc) is 3.20. The van der Waals surface area contributed by atoms with Gasteiger partial charge < -0.3 is 14.8 Å². The summed E-state index contributed by atoms with van der Waals surface area (Å²) in [7, 11) is 3.33. The first-order chi connectivity index (χ1) is 8.56. The van der Waals surface area contributed by atoms with Gasteiger partial charge in [0.1, 0.15) is 0 Å². The van der Waals surface area contributed by atoms with Crippen molar-refractivity contribution in [2.45, 2.75) is 38.8 Å². The number of hydrogen-bond acceptors (Lipinski definition) is 3. The molecule has 1 aromatic carbocycles. The van der Waals surface area contributed by atoms with Crippen LogP contribution >= 0.6 is 0 Å². The second-order valence-electron chi connectivity index (χ2n) is 5.54. The van der Waals surface area contributed by atoms with Gasteiger partial charge in [-0.1, -0.05) is 6.07 Å². The van der Waals surface area contributed by atoms with Crippen LogP contribution in [0.15, 0.2) is 18.2 Å². The van der Waals surface area contributed by atoms with Gasteiger partial charge in [-0.2, -0.15) is 0 Å². The molecule has 0 amide bonds. The molecule has 0 aliphatic heterocycles. The standard InChI is InChI=1S/C15H23NO2/c1-15(2,12-6-7-12)16-10-11-5-8-13(17-3)14(9-11)18-4/h5,8-9,12,16H,6-7,10H2,1-4H3. The summed E-state index contributed by atoms with van der Waals surface area (Å²) >= 11 is 0. The molecular formula is C15H23NO2. The highest BCUT2D eigenvalue weighted by atomic mass is 16.5. The van der Waals surface area contributed by atoms with Crippen LogP contribution in [0.5, 0.6) is 11.5 Å². The van der Waals surface area contributed by atoms with Crippen molar-refractivity contribution in [3.8, 4) is 11.5 Å². The Morgan fingerprint density at radius 1 is 1.17 bits per heavy atom. The fraction of sp³-hybridized carbons (Fsp3) is 0.600. The lowest BCUT2D eigenvalue weighted by molar-refractivity contribution is 0.337. The maximum Gasteiger partial charge on any atom is 0.161 e. The normalized spacial score (nSPS) is 15.6. The lowest BCUT2D eigenvalue weighted by Gasteiger charge is -2.26. The summed E-state index contributed by atoms with van der Waals surface area (Å²) in [6.07, 6.45) is 2.71. The molecule has 0 bridgehead atoms. The molecule has 0 heterocycles. The smallest absolute Gasteiger partial charge is 0.161 e. The van der Waals surface area contributed by atoms with Gasteiger partial charge in [0.25, 0.3) is 0 Å². The van der Waals surface area contributed by atoms with Gasteiger partial charge in [0, 0.05) is 12.1 Å². The Labute approximate surface area is 109 Å². The largest absolute Gasteiger partial charge is 0.493 e. The Morgan fingerprint density at radius 3 is 2.39 bits per heavy atom. The monoisotopic (exact) mass is 249 g/mol. The van der Waals surface area contributed by atoms with Crippen molar-refractivity contribution in [2.24, 2.45) is 5.92 Å². The minimum atomic E-state index is 0.229. The molecule has 0 unspecified atom stereocenters. The van der Waals surface area contributed by atoms with Crippen molar-refractivity contribution in [3.63, 3.8) is 0 Å². The summed E-state index contributed by atoms with van der Waals surface area (Å²) in [4.78, 5) is 0. The molecule has 1 aliphatic rings. The Balaban J connectivity index is 2.01. The summed E-state index contributed by atoms with van der Waals surface area (Å²) in [6, 6.07) is 6.08. The van der Waals surface area contributed by atoms with E-state index < -0.39 is 0 Å². The van der Waals surface area contributed by atoms with E-state index in [4.69, 9.17) is 9.47 Å². The Morgan fingerprint density at radius 2 is 1.83 bits per heavy atom. The third kappa shape index (κ3) is 2.96. The fourth-order valence-corrected chi connectivity index (χ4v) is 2.27. The molecule has 0 spiro atoms. The molecule has 0 aromatic heterocycles. The maximum atomic E-state index is 5.32. The summed E-state index contributed by atoms with van der Waals surface area (Å²) in [5, 5.41) is 3.63.